The normalized spacial score (nSPS) is 10.3. The van der Waals surface area contributed by atoms with Crippen molar-refractivity contribution in [2.45, 2.75) is 27.7 Å². The molecular weight excluding hydrogens is 290 g/mol. The van der Waals surface area contributed by atoms with Crippen LogP contribution < -0.4 is 5.32 Å². The fourth-order valence-corrected chi connectivity index (χ4v) is 2.32. The number of hydrogen-bond acceptors (Lipinski definition) is 3. The predicted octanol–water partition coefficient (Wildman–Crippen LogP) is 3.72. The molecule has 2 aromatic rings. The number of benzene rings is 2. The van der Waals surface area contributed by atoms with Gasteiger partial charge in [0.05, 0.1) is 5.56 Å². The zero-order valence-corrected chi connectivity index (χ0v) is 13.9. The molecule has 0 saturated heterocycles. The van der Waals surface area contributed by atoms with Crippen LogP contribution in [0, 0.1) is 27.7 Å². The van der Waals surface area contributed by atoms with E-state index in [-0.39, 0.29) is 12.5 Å². The van der Waals surface area contributed by atoms with E-state index in [0.717, 1.165) is 27.9 Å². The summed E-state index contributed by atoms with van der Waals surface area (Å²) in [5.74, 6) is -0.836. The summed E-state index contributed by atoms with van der Waals surface area (Å²) in [6.45, 7) is 7.40. The topological polar surface area (TPSA) is 55.4 Å². The molecule has 4 nitrogen and oxygen atoms in total. The van der Waals surface area contributed by atoms with Gasteiger partial charge in [0.15, 0.2) is 6.61 Å². The summed E-state index contributed by atoms with van der Waals surface area (Å²) in [5.41, 5.74) is 5.19. The average molecular weight is 311 g/mol. The average Bonchev–Trinajstić information content (AvgIpc) is 2.50. The Balaban J connectivity index is 1.96. The first-order valence-corrected chi connectivity index (χ1v) is 7.49. The molecule has 0 heterocycles. The first-order valence-electron chi connectivity index (χ1n) is 7.49. The van der Waals surface area contributed by atoms with Crippen LogP contribution in [0.5, 0.6) is 0 Å². The van der Waals surface area contributed by atoms with Crippen LogP contribution >= 0.6 is 0 Å². The first kappa shape index (κ1) is 16.7. The molecule has 0 unspecified atom stereocenters. The third-order valence-electron chi connectivity index (χ3n) is 3.81. The molecule has 1 N–H and O–H groups in total. The number of carbonyl (C=O) groups excluding carboxylic acids is 2. The van der Waals surface area contributed by atoms with E-state index < -0.39 is 5.97 Å². The van der Waals surface area contributed by atoms with Crippen LogP contribution in [0.15, 0.2) is 36.4 Å². The van der Waals surface area contributed by atoms with Crippen LogP contribution in [0.2, 0.25) is 0 Å². The molecule has 4 heteroatoms. The minimum Gasteiger partial charge on any atom is -0.452 e. The Hall–Kier alpha value is -2.62. The Labute approximate surface area is 136 Å². The maximum absolute atomic E-state index is 12.1. The molecule has 0 aliphatic heterocycles. The number of anilines is 1. The maximum atomic E-state index is 12.1. The van der Waals surface area contributed by atoms with Crippen molar-refractivity contribution in [1.29, 1.82) is 0 Å². The van der Waals surface area contributed by atoms with Crippen molar-refractivity contribution in [3.05, 3.63) is 64.2 Å². The van der Waals surface area contributed by atoms with Crippen molar-refractivity contribution in [3.8, 4) is 0 Å². The van der Waals surface area contributed by atoms with Crippen molar-refractivity contribution in [2.24, 2.45) is 0 Å². The maximum Gasteiger partial charge on any atom is 0.338 e. The highest BCUT2D eigenvalue weighted by molar-refractivity contribution is 5.96. The van der Waals surface area contributed by atoms with Gasteiger partial charge in [-0.25, -0.2) is 4.79 Å². The minimum atomic E-state index is -0.484. The lowest BCUT2D eigenvalue weighted by Crippen LogP contribution is -2.21. The summed E-state index contributed by atoms with van der Waals surface area (Å²) in [4.78, 5) is 24.0. The van der Waals surface area contributed by atoms with E-state index in [9.17, 15) is 9.59 Å². The Morgan fingerprint density at radius 3 is 2.43 bits per heavy atom. The second-order valence-corrected chi connectivity index (χ2v) is 5.69. The molecule has 0 bridgehead atoms. The number of aryl methyl sites for hydroxylation is 3. The largest absolute Gasteiger partial charge is 0.452 e. The second kappa shape index (κ2) is 7.09. The third kappa shape index (κ3) is 4.19. The zero-order chi connectivity index (χ0) is 17.0. The quantitative estimate of drug-likeness (QED) is 0.876. The summed E-state index contributed by atoms with van der Waals surface area (Å²) < 4.78 is 5.11. The predicted molar refractivity (Wildman–Crippen MR) is 90.7 cm³/mol. The van der Waals surface area contributed by atoms with Gasteiger partial charge in [-0.3, -0.25) is 4.79 Å². The highest BCUT2D eigenvalue weighted by Crippen LogP contribution is 2.16. The lowest BCUT2D eigenvalue weighted by atomic mass is 10.0. The van der Waals surface area contributed by atoms with Crippen LogP contribution in [0.3, 0.4) is 0 Å². The van der Waals surface area contributed by atoms with Gasteiger partial charge in [-0.2, -0.15) is 0 Å². The van der Waals surface area contributed by atoms with Crippen LogP contribution in [-0.2, 0) is 9.53 Å². The van der Waals surface area contributed by atoms with Crippen LogP contribution in [0.4, 0.5) is 5.69 Å². The molecule has 0 atom stereocenters. The minimum absolute atomic E-state index is 0.306. The van der Waals surface area contributed by atoms with Crippen LogP contribution in [0.25, 0.3) is 0 Å². The highest BCUT2D eigenvalue weighted by atomic mass is 16.5. The highest BCUT2D eigenvalue weighted by Gasteiger charge is 2.14. The summed E-state index contributed by atoms with van der Waals surface area (Å²) >= 11 is 0. The first-order chi connectivity index (χ1) is 10.9. The molecule has 0 fully saturated rings. The summed E-state index contributed by atoms with van der Waals surface area (Å²) in [5, 5.41) is 2.75. The van der Waals surface area contributed by atoms with Gasteiger partial charge in [0.2, 0.25) is 0 Å². The van der Waals surface area contributed by atoms with Gasteiger partial charge < -0.3 is 10.1 Å². The fourth-order valence-electron chi connectivity index (χ4n) is 2.32. The van der Waals surface area contributed by atoms with Crippen molar-refractivity contribution in [3.63, 3.8) is 0 Å². The lowest BCUT2D eigenvalue weighted by Gasteiger charge is -2.11. The molecule has 1 amide bonds. The van der Waals surface area contributed by atoms with E-state index in [1.807, 2.05) is 52.0 Å². The number of hydrogen-bond donors (Lipinski definition) is 1. The molecule has 120 valence electrons. The molecule has 2 aromatic carbocycles. The van der Waals surface area contributed by atoms with E-state index in [4.69, 9.17) is 4.74 Å². The molecule has 0 spiro atoms. The lowest BCUT2D eigenvalue weighted by molar-refractivity contribution is -0.119. The molecule has 0 aliphatic rings. The van der Waals surface area contributed by atoms with E-state index in [0.29, 0.717) is 5.56 Å². The molecule has 0 aliphatic carbocycles. The SMILES string of the molecule is Cc1ccc(NC(=O)COC(=O)c2cccc(C)c2C)c(C)c1. The van der Waals surface area contributed by atoms with Gasteiger partial charge in [-0.05, 0) is 56.5 Å². The number of esters is 1. The number of nitrogens with one attached hydrogen (secondary N) is 1. The molecule has 0 radical (unpaired) electrons. The molecule has 0 aromatic heterocycles. The van der Waals surface area contributed by atoms with E-state index in [2.05, 4.69) is 5.32 Å². The van der Waals surface area contributed by atoms with Crippen molar-refractivity contribution in [2.75, 3.05) is 11.9 Å². The van der Waals surface area contributed by atoms with Crippen LogP contribution in [-0.4, -0.2) is 18.5 Å². The molecule has 0 saturated carbocycles. The fraction of sp³-hybridized carbons (Fsp3) is 0.263. The van der Waals surface area contributed by atoms with Gasteiger partial charge in [0, 0.05) is 5.69 Å². The smallest absolute Gasteiger partial charge is 0.338 e. The molecular formula is C19H21NO3. The summed E-state index contributed by atoms with van der Waals surface area (Å²) in [6.07, 6.45) is 0. The van der Waals surface area contributed by atoms with Gasteiger partial charge in [-0.15, -0.1) is 0 Å². The molecule has 23 heavy (non-hydrogen) atoms. The number of ether oxygens (including phenoxy) is 1. The Kier molecular flexibility index (Phi) is 5.16. The van der Waals surface area contributed by atoms with E-state index in [1.54, 1.807) is 12.1 Å². The number of rotatable bonds is 4. The number of carbonyl (C=O) groups is 2. The van der Waals surface area contributed by atoms with Crippen molar-refractivity contribution < 1.29 is 14.3 Å². The Morgan fingerprint density at radius 1 is 1.00 bits per heavy atom. The molecule has 2 rings (SSSR count). The van der Waals surface area contributed by atoms with Gasteiger partial charge >= 0.3 is 5.97 Å². The van der Waals surface area contributed by atoms with E-state index >= 15 is 0 Å². The second-order valence-electron chi connectivity index (χ2n) is 5.69. The standard InChI is InChI=1S/C19H21NO3/c1-12-8-9-17(14(3)10-12)20-18(21)11-23-19(22)16-7-5-6-13(2)15(16)4/h5-10H,11H2,1-4H3,(H,20,21). The third-order valence-corrected chi connectivity index (χ3v) is 3.81. The zero-order valence-electron chi connectivity index (χ0n) is 13.9. The Morgan fingerprint density at radius 2 is 1.74 bits per heavy atom. The van der Waals surface area contributed by atoms with Gasteiger partial charge in [-0.1, -0.05) is 29.8 Å². The van der Waals surface area contributed by atoms with Gasteiger partial charge in [0.1, 0.15) is 0 Å². The van der Waals surface area contributed by atoms with Crippen molar-refractivity contribution >= 4 is 17.6 Å². The Bertz CT molecular complexity index is 750. The van der Waals surface area contributed by atoms with Crippen LogP contribution in [0.1, 0.15) is 32.6 Å². The summed E-state index contributed by atoms with van der Waals surface area (Å²) in [6, 6.07) is 11.2. The van der Waals surface area contributed by atoms with Crippen molar-refractivity contribution in [1.82, 2.24) is 0 Å². The monoisotopic (exact) mass is 311 g/mol. The summed E-state index contributed by atoms with van der Waals surface area (Å²) in [7, 11) is 0. The van der Waals surface area contributed by atoms with E-state index in [1.165, 1.54) is 0 Å². The number of amides is 1. The van der Waals surface area contributed by atoms with Gasteiger partial charge in [0.25, 0.3) is 5.91 Å².